The second kappa shape index (κ2) is 6.18. The SMILES string of the molecule is CCC(CC)(NC(C)C(=O)NC(C)(C)C)C(=O)O. The number of hydrogen-bond donors (Lipinski definition) is 3. The third-order valence-electron chi connectivity index (χ3n) is 3.00. The predicted octanol–water partition coefficient (Wildman–Crippen LogP) is 1.52. The number of hydrogen-bond acceptors (Lipinski definition) is 3. The van der Waals surface area contributed by atoms with Crippen LogP contribution in [0.15, 0.2) is 0 Å². The molecule has 0 saturated heterocycles. The molecule has 5 heteroatoms. The van der Waals surface area contributed by atoms with Crippen molar-refractivity contribution in [2.45, 2.75) is 71.5 Å². The van der Waals surface area contributed by atoms with E-state index in [1.807, 2.05) is 20.8 Å². The van der Waals surface area contributed by atoms with Crippen LogP contribution in [0, 0.1) is 0 Å². The number of aliphatic carboxylic acids is 1. The molecule has 0 rings (SSSR count). The van der Waals surface area contributed by atoms with E-state index in [0.717, 1.165) is 0 Å². The Morgan fingerprint density at radius 2 is 1.61 bits per heavy atom. The number of carboxylic acid groups (broad SMARTS) is 1. The maximum absolute atomic E-state index is 11.9. The molecule has 3 N–H and O–H groups in total. The zero-order valence-corrected chi connectivity index (χ0v) is 12.3. The van der Waals surface area contributed by atoms with Gasteiger partial charge in [-0.05, 0) is 40.5 Å². The van der Waals surface area contributed by atoms with Crippen LogP contribution in [-0.4, -0.2) is 34.1 Å². The van der Waals surface area contributed by atoms with Crippen molar-refractivity contribution in [2.24, 2.45) is 0 Å². The highest BCUT2D eigenvalue weighted by molar-refractivity contribution is 5.84. The molecule has 1 atom stereocenters. The Kier molecular flexibility index (Phi) is 5.80. The Balaban J connectivity index is 4.76. The maximum atomic E-state index is 11.9. The molecule has 0 heterocycles. The molecule has 1 unspecified atom stereocenters. The predicted molar refractivity (Wildman–Crippen MR) is 71.4 cm³/mol. The molecule has 106 valence electrons. The Morgan fingerprint density at radius 1 is 1.17 bits per heavy atom. The molecule has 1 amide bonds. The molecular formula is C13H26N2O3. The van der Waals surface area contributed by atoms with E-state index in [4.69, 9.17) is 0 Å². The monoisotopic (exact) mass is 258 g/mol. The zero-order chi connectivity index (χ0) is 14.6. The molecule has 0 aliphatic carbocycles. The third kappa shape index (κ3) is 4.64. The second-order valence-corrected chi connectivity index (χ2v) is 5.70. The van der Waals surface area contributed by atoms with Crippen LogP contribution in [0.3, 0.4) is 0 Å². The highest BCUT2D eigenvalue weighted by atomic mass is 16.4. The summed E-state index contributed by atoms with van der Waals surface area (Å²) in [6, 6.07) is -0.541. The van der Waals surface area contributed by atoms with Crippen LogP contribution in [0.25, 0.3) is 0 Å². The fourth-order valence-corrected chi connectivity index (χ4v) is 1.78. The first kappa shape index (κ1) is 16.9. The summed E-state index contributed by atoms with van der Waals surface area (Å²) in [4.78, 5) is 23.3. The van der Waals surface area contributed by atoms with Crippen molar-refractivity contribution in [3.8, 4) is 0 Å². The van der Waals surface area contributed by atoms with Gasteiger partial charge < -0.3 is 10.4 Å². The van der Waals surface area contributed by atoms with Crippen LogP contribution in [0.5, 0.6) is 0 Å². The first-order chi connectivity index (χ1) is 8.08. The minimum Gasteiger partial charge on any atom is -0.480 e. The average molecular weight is 258 g/mol. The number of carbonyl (C=O) groups excluding carboxylic acids is 1. The zero-order valence-electron chi connectivity index (χ0n) is 12.3. The van der Waals surface area contributed by atoms with Gasteiger partial charge in [-0.15, -0.1) is 0 Å². The summed E-state index contributed by atoms with van der Waals surface area (Å²) in [5, 5.41) is 15.1. The summed E-state index contributed by atoms with van der Waals surface area (Å²) in [6.45, 7) is 11.0. The highest BCUT2D eigenvalue weighted by Crippen LogP contribution is 2.16. The van der Waals surface area contributed by atoms with Gasteiger partial charge in [0.2, 0.25) is 5.91 Å². The van der Waals surface area contributed by atoms with Gasteiger partial charge in [-0.25, -0.2) is 0 Å². The van der Waals surface area contributed by atoms with Crippen LogP contribution in [0.1, 0.15) is 54.4 Å². The van der Waals surface area contributed by atoms with E-state index >= 15 is 0 Å². The molecule has 0 aromatic carbocycles. The second-order valence-electron chi connectivity index (χ2n) is 5.70. The Labute approximate surface area is 109 Å². The summed E-state index contributed by atoms with van der Waals surface area (Å²) in [5.41, 5.74) is -1.36. The third-order valence-corrected chi connectivity index (χ3v) is 3.00. The lowest BCUT2D eigenvalue weighted by Crippen LogP contribution is -2.59. The van der Waals surface area contributed by atoms with Crippen molar-refractivity contribution in [1.82, 2.24) is 10.6 Å². The molecule has 5 nitrogen and oxygen atoms in total. The minimum atomic E-state index is -1.03. The normalized spacial score (nSPS) is 14.1. The van der Waals surface area contributed by atoms with Gasteiger partial charge >= 0.3 is 5.97 Å². The molecule has 0 radical (unpaired) electrons. The van der Waals surface area contributed by atoms with Crippen LogP contribution in [-0.2, 0) is 9.59 Å². The van der Waals surface area contributed by atoms with Crippen molar-refractivity contribution >= 4 is 11.9 Å². The molecule has 0 fully saturated rings. The van der Waals surface area contributed by atoms with E-state index in [9.17, 15) is 14.7 Å². The van der Waals surface area contributed by atoms with E-state index in [1.54, 1.807) is 20.8 Å². The largest absolute Gasteiger partial charge is 0.480 e. The van der Waals surface area contributed by atoms with E-state index < -0.39 is 17.6 Å². The molecule has 18 heavy (non-hydrogen) atoms. The quantitative estimate of drug-likeness (QED) is 0.675. The lowest BCUT2D eigenvalue weighted by molar-refractivity contribution is -0.146. The summed E-state index contributed by atoms with van der Waals surface area (Å²) in [7, 11) is 0. The van der Waals surface area contributed by atoms with Crippen LogP contribution in [0.4, 0.5) is 0 Å². The molecule has 0 aromatic heterocycles. The van der Waals surface area contributed by atoms with Gasteiger partial charge in [0.1, 0.15) is 5.54 Å². The molecular weight excluding hydrogens is 232 g/mol. The summed E-state index contributed by atoms with van der Waals surface area (Å²) < 4.78 is 0. The number of carboxylic acids is 1. The highest BCUT2D eigenvalue weighted by Gasteiger charge is 2.37. The van der Waals surface area contributed by atoms with E-state index in [2.05, 4.69) is 10.6 Å². The number of rotatable bonds is 6. The van der Waals surface area contributed by atoms with Crippen molar-refractivity contribution in [3.05, 3.63) is 0 Å². The first-order valence-corrected chi connectivity index (χ1v) is 6.41. The maximum Gasteiger partial charge on any atom is 0.323 e. The minimum absolute atomic E-state index is 0.185. The van der Waals surface area contributed by atoms with E-state index in [-0.39, 0.29) is 11.4 Å². The van der Waals surface area contributed by atoms with Crippen molar-refractivity contribution in [2.75, 3.05) is 0 Å². The lowest BCUT2D eigenvalue weighted by atomic mass is 9.92. The van der Waals surface area contributed by atoms with Gasteiger partial charge in [0, 0.05) is 5.54 Å². The van der Waals surface area contributed by atoms with Crippen molar-refractivity contribution in [3.63, 3.8) is 0 Å². The molecule has 0 aliphatic rings. The standard InChI is InChI=1S/C13H26N2O3/c1-7-13(8-2,11(17)18)14-9(3)10(16)15-12(4,5)6/h9,14H,7-8H2,1-6H3,(H,15,16)(H,17,18). The Morgan fingerprint density at radius 3 is 1.89 bits per heavy atom. The number of carbonyl (C=O) groups is 2. The van der Waals surface area contributed by atoms with Gasteiger partial charge in [0.25, 0.3) is 0 Å². The topological polar surface area (TPSA) is 78.4 Å². The van der Waals surface area contributed by atoms with Crippen LogP contribution < -0.4 is 10.6 Å². The van der Waals surface area contributed by atoms with Crippen LogP contribution in [0.2, 0.25) is 0 Å². The summed E-state index contributed by atoms with van der Waals surface area (Å²) in [6.07, 6.45) is 0.873. The van der Waals surface area contributed by atoms with Gasteiger partial charge in [-0.3, -0.25) is 14.9 Å². The molecule has 0 bridgehead atoms. The smallest absolute Gasteiger partial charge is 0.323 e. The first-order valence-electron chi connectivity index (χ1n) is 6.41. The van der Waals surface area contributed by atoms with Gasteiger partial charge in [0.05, 0.1) is 6.04 Å². The van der Waals surface area contributed by atoms with Gasteiger partial charge in [-0.1, -0.05) is 13.8 Å². The van der Waals surface area contributed by atoms with Crippen molar-refractivity contribution < 1.29 is 14.7 Å². The summed E-state index contributed by atoms with van der Waals surface area (Å²) in [5.74, 6) is -1.10. The fourth-order valence-electron chi connectivity index (χ4n) is 1.78. The fraction of sp³-hybridized carbons (Fsp3) is 0.846. The summed E-state index contributed by atoms with van der Waals surface area (Å²) >= 11 is 0. The Hall–Kier alpha value is -1.10. The van der Waals surface area contributed by atoms with Crippen LogP contribution >= 0.6 is 0 Å². The molecule has 0 spiro atoms. The van der Waals surface area contributed by atoms with E-state index in [0.29, 0.717) is 12.8 Å². The van der Waals surface area contributed by atoms with E-state index in [1.165, 1.54) is 0 Å². The van der Waals surface area contributed by atoms with Crippen molar-refractivity contribution in [1.29, 1.82) is 0 Å². The molecule has 0 aliphatic heterocycles. The Bertz CT molecular complexity index is 304. The average Bonchev–Trinajstić information content (AvgIpc) is 2.22. The van der Waals surface area contributed by atoms with Gasteiger partial charge in [0.15, 0.2) is 0 Å². The van der Waals surface area contributed by atoms with Gasteiger partial charge in [-0.2, -0.15) is 0 Å². The molecule has 0 saturated carbocycles. The number of amides is 1. The number of nitrogens with one attached hydrogen (secondary N) is 2. The lowest BCUT2D eigenvalue weighted by Gasteiger charge is -2.32. The molecule has 0 aromatic rings.